The number of hydrogen-bond donors (Lipinski definition) is 1. The van der Waals surface area contributed by atoms with Crippen LogP contribution in [-0.2, 0) is 16.6 Å². The molecular formula is C23H24N2O3S. The zero-order valence-corrected chi connectivity index (χ0v) is 17.3. The first kappa shape index (κ1) is 19.5. The van der Waals surface area contributed by atoms with E-state index in [2.05, 4.69) is 16.7 Å². The Labute approximate surface area is 170 Å². The Hall–Kier alpha value is -2.83. The van der Waals surface area contributed by atoms with Gasteiger partial charge in [0.1, 0.15) is 0 Å². The number of hydrogen-bond acceptors (Lipinski definition) is 3. The number of benzene rings is 3. The highest BCUT2D eigenvalue weighted by molar-refractivity contribution is 7.92. The standard InChI is InChI=1S/C23H24N2O3S/c1-17-8-7-9-18(14-17)25(29(2,27)28)16-19(26)15-24-22-12-5-3-10-20(22)21-11-4-6-13-23(21)24/h3-14,19,26H,15-16H2,1-2H3. The first-order valence-electron chi connectivity index (χ1n) is 9.53. The lowest BCUT2D eigenvalue weighted by molar-refractivity contribution is 0.166. The lowest BCUT2D eigenvalue weighted by atomic mass is 10.2. The van der Waals surface area contributed by atoms with Gasteiger partial charge in [0.25, 0.3) is 0 Å². The highest BCUT2D eigenvalue weighted by Crippen LogP contribution is 2.29. The van der Waals surface area contributed by atoms with Crippen LogP contribution in [0.3, 0.4) is 0 Å². The van der Waals surface area contributed by atoms with Gasteiger partial charge in [-0.1, -0.05) is 48.5 Å². The van der Waals surface area contributed by atoms with Crippen molar-refractivity contribution in [2.45, 2.75) is 19.6 Å². The highest BCUT2D eigenvalue weighted by Gasteiger charge is 2.22. The SMILES string of the molecule is Cc1cccc(N(CC(O)Cn2c3ccccc3c3ccccc32)S(C)(=O)=O)c1. The molecule has 150 valence electrons. The van der Waals surface area contributed by atoms with Crippen molar-refractivity contribution in [3.8, 4) is 0 Å². The van der Waals surface area contributed by atoms with Crippen LogP contribution in [0.4, 0.5) is 5.69 Å². The Kier molecular flexibility index (Phi) is 5.06. The Morgan fingerprint density at radius 1 is 0.931 bits per heavy atom. The van der Waals surface area contributed by atoms with Crippen molar-refractivity contribution in [1.82, 2.24) is 4.57 Å². The molecule has 6 heteroatoms. The molecule has 0 aliphatic heterocycles. The Morgan fingerprint density at radius 3 is 2.07 bits per heavy atom. The fourth-order valence-electron chi connectivity index (χ4n) is 3.88. The van der Waals surface area contributed by atoms with Gasteiger partial charge in [0, 0.05) is 21.8 Å². The van der Waals surface area contributed by atoms with Crippen molar-refractivity contribution in [2.75, 3.05) is 17.1 Å². The number of nitrogens with zero attached hydrogens (tertiary/aromatic N) is 2. The lowest BCUT2D eigenvalue weighted by Gasteiger charge is -2.26. The molecule has 29 heavy (non-hydrogen) atoms. The second kappa shape index (κ2) is 7.54. The molecule has 0 fully saturated rings. The fraction of sp³-hybridized carbons (Fsp3) is 0.217. The lowest BCUT2D eigenvalue weighted by Crippen LogP contribution is -2.38. The first-order chi connectivity index (χ1) is 13.8. The number of rotatable bonds is 6. The molecule has 1 N–H and O–H groups in total. The maximum atomic E-state index is 12.4. The third kappa shape index (κ3) is 3.86. The smallest absolute Gasteiger partial charge is 0.232 e. The summed E-state index contributed by atoms with van der Waals surface area (Å²) in [6, 6.07) is 23.4. The van der Waals surface area contributed by atoms with Crippen molar-refractivity contribution in [2.24, 2.45) is 0 Å². The van der Waals surface area contributed by atoms with E-state index >= 15 is 0 Å². The number of aromatic nitrogens is 1. The van der Waals surface area contributed by atoms with Gasteiger partial charge in [-0.3, -0.25) is 4.31 Å². The van der Waals surface area contributed by atoms with E-state index in [9.17, 15) is 13.5 Å². The van der Waals surface area contributed by atoms with Crippen molar-refractivity contribution >= 4 is 37.5 Å². The molecule has 5 nitrogen and oxygen atoms in total. The average molecular weight is 409 g/mol. The molecule has 0 amide bonds. The molecule has 0 radical (unpaired) electrons. The monoisotopic (exact) mass is 408 g/mol. The minimum atomic E-state index is -3.53. The summed E-state index contributed by atoms with van der Waals surface area (Å²) in [7, 11) is -3.53. The number of aliphatic hydroxyl groups is 1. The summed E-state index contributed by atoms with van der Waals surface area (Å²) in [6.45, 7) is 2.20. The third-order valence-corrected chi connectivity index (χ3v) is 6.30. The average Bonchev–Trinajstić information content (AvgIpc) is 2.99. The van der Waals surface area contributed by atoms with Gasteiger partial charge in [0.05, 0.1) is 31.1 Å². The van der Waals surface area contributed by atoms with Gasteiger partial charge in [-0.15, -0.1) is 0 Å². The second-order valence-corrected chi connectivity index (χ2v) is 9.34. The molecule has 4 aromatic rings. The van der Waals surface area contributed by atoms with Crippen LogP contribution in [0.5, 0.6) is 0 Å². The molecule has 4 rings (SSSR count). The van der Waals surface area contributed by atoms with Gasteiger partial charge < -0.3 is 9.67 Å². The van der Waals surface area contributed by atoms with Crippen LogP contribution in [0.15, 0.2) is 72.8 Å². The molecule has 0 saturated carbocycles. The van der Waals surface area contributed by atoms with Crippen molar-refractivity contribution in [3.63, 3.8) is 0 Å². The zero-order valence-electron chi connectivity index (χ0n) is 16.5. The van der Waals surface area contributed by atoms with E-state index in [4.69, 9.17) is 0 Å². The maximum absolute atomic E-state index is 12.4. The van der Waals surface area contributed by atoms with Gasteiger partial charge in [0.2, 0.25) is 10.0 Å². The van der Waals surface area contributed by atoms with Gasteiger partial charge in [-0.2, -0.15) is 0 Å². The summed E-state index contributed by atoms with van der Waals surface area (Å²) >= 11 is 0. The third-order valence-electron chi connectivity index (χ3n) is 5.14. The molecular weight excluding hydrogens is 384 g/mol. The molecule has 0 bridgehead atoms. The second-order valence-electron chi connectivity index (χ2n) is 7.43. The summed E-state index contributed by atoms with van der Waals surface area (Å²) in [6.07, 6.45) is 0.298. The molecule has 1 heterocycles. The van der Waals surface area contributed by atoms with Crippen LogP contribution in [0.2, 0.25) is 0 Å². The summed E-state index contributed by atoms with van der Waals surface area (Å²) in [5, 5.41) is 13.1. The van der Waals surface area contributed by atoms with Gasteiger partial charge in [0.15, 0.2) is 0 Å². The van der Waals surface area contributed by atoms with E-state index in [0.717, 1.165) is 27.4 Å². The first-order valence-corrected chi connectivity index (χ1v) is 11.4. The molecule has 0 spiro atoms. The zero-order chi connectivity index (χ0) is 20.6. The van der Waals surface area contributed by atoms with Crippen molar-refractivity contribution in [3.05, 3.63) is 78.4 Å². The number of fused-ring (bicyclic) bond motifs is 3. The van der Waals surface area contributed by atoms with Crippen LogP contribution in [0.1, 0.15) is 5.56 Å². The largest absolute Gasteiger partial charge is 0.389 e. The molecule has 1 aromatic heterocycles. The molecule has 1 atom stereocenters. The van der Waals surface area contributed by atoms with Crippen molar-refractivity contribution in [1.29, 1.82) is 0 Å². The van der Waals surface area contributed by atoms with Crippen LogP contribution in [-0.4, -0.2) is 37.0 Å². The number of sulfonamides is 1. The molecule has 0 saturated heterocycles. The van der Waals surface area contributed by atoms with Gasteiger partial charge in [-0.05, 0) is 36.8 Å². The number of aryl methyl sites for hydroxylation is 1. The van der Waals surface area contributed by atoms with E-state index in [-0.39, 0.29) is 6.54 Å². The van der Waals surface area contributed by atoms with Gasteiger partial charge in [-0.25, -0.2) is 8.42 Å². The minimum Gasteiger partial charge on any atom is -0.389 e. The molecule has 3 aromatic carbocycles. The summed E-state index contributed by atoms with van der Waals surface area (Å²) in [5.41, 5.74) is 3.57. The fourth-order valence-corrected chi connectivity index (χ4v) is 4.81. The van der Waals surface area contributed by atoms with Crippen LogP contribution in [0, 0.1) is 6.92 Å². The number of para-hydroxylation sites is 2. The van der Waals surface area contributed by atoms with Crippen LogP contribution >= 0.6 is 0 Å². The molecule has 0 aliphatic carbocycles. The van der Waals surface area contributed by atoms with Crippen molar-refractivity contribution < 1.29 is 13.5 Å². The van der Waals surface area contributed by atoms with Crippen LogP contribution in [0.25, 0.3) is 21.8 Å². The number of anilines is 1. The Bertz CT molecular complexity index is 1220. The summed E-state index contributed by atoms with van der Waals surface area (Å²) in [5.74, 6) is 0. The van der Waals surface area contributed by atoms with E-state index in [1.54, 1.807) is 6.07 Å². The predicted octanol–water partition coefficient (Wildman–Crippen LogP) is 3.93. The predicted molar refractivity (Wildman–Crippen MR) is 119 cm³/mol. The van der Waals surface area contributed by atoms with E-state index in [1.807, 2.05) is 61.5 Å². The molecule has 0 aliphatic rings. The van der Waals surface area contributed by atoms with Gasteiger partial charge >= 0.3 is 0 Å². The van der Waals surface area contributed by atoms with E-state index in [1.165, 1.54) is 10.6 Å². The van der Waals surface area contributed by atoms with E-state index < -0.39 is 16.1 Å². The highest BCUT2D eigenvalue weighted by atomic mass is 32.2. The number of aliphatic hydroxyl groups excluding tert-OH is 1. The molecule has 1 unspecified atom stereocenters. The maximum Gasteiger partial charge on any atom is 0.232 e. The minimum absolute atomic E-state index is 0.0108. The summed E-state index contributed by atoms with van der Waals surface area (Å²) < 4.78 is 28.2. The topological polar surface area (TPSA) is 62.5 Å². The Balaban J connectivity index is 1.69. The quantitative estimate of drug-likeness (QED) is 0.526. The normalized spacial score (nSPS) is 13.1. The van der Waals surface area contributed by atoms with E-state index in [0.29, 0.717) is 12.2 Å². The Morgan fingerprint density at radius 2 is 1.52 bits per heavy atom. The summed E-state index contributed by atoms with van der Waals surface area (Å²) in [4.78, 5) is 0. The van der Waals surface area contributed by atoms with Crippen LogP contribution < -0.4 is 4.31 Å².